The van der Waals surface area contributed by atoms with E-state index in [9.17, 15) is 9.59 Å². The van der Waals surface area contributed by atoms with Gasteiger partial charge < -0.3 is 19.6 Å². The quantitative estimate of drug-likeness (QED) is 0.502. The van der Waals surface area contributed by atoms with E-state index in [0.717, 1.165) is 29.8 Å². The molecule has 1 aromatic carbocycles. The summed E-state index contributed by atoms with van der Waals surface area (Å²) in [5.74, 6) is 0.974. The maximum Gasteiger partial charge on any atom is 0.238 e. The Balaban J connectivity index is 1.99. The van der Waals surface area contributed by atoms with Gasteiger partial charge in [-0.3, -0.25) is 9.59 Å². The number of thioether (sulfide) groups is 1. The predicted octanol–water partition coefficient (Wildman–Crippen LogP) is 4.18. The highest BCUT2D eigenvalue weighted by Crippen LogP contribution is 2.22. The summed E-state index contributed by atoms with van der Waals surface area (Å²) in [6.07, 6.45) is 0. The fraction of sp³-hybridized carbons (Fsp3) is 0.476. The number of aromatic nitrogens is 1. The number of nitrogens with one attached hydrogen (secondary N) is 1. The third-order valence-corrected chi connectivity index (χ3v) is 6.28. The number of benzene rings is 1. The molecule has 0 saturated heterocycles. The van der Waals surface area contributed by atoms with Gasteiger partial charge in [0.05, 0.1) is 11.0 Å². The van der Waals surface area contributed by atoms with Crippen molar-refractivity contribution < 1.29 is 14.1 Å². The van der Waals surface area contributed by atoms with Gasteiger partial charge in [0.2, 0.25) is 11.8 Å². The molecule has 2 aromatic rings. The van der Waals surface area contributed by atoms with Crippen molar-refractivity contribution in [3.63, 3.8) is 0 Å². The molecule has 1 unspecified atom stereocenters. The summed E-state index contributed by atoms with van der Waals surface area (Å²) in [5, 5.41) is 6.07. The molecule has 0 aliphatic heterocycles. The van der Waals surface area contributed by atoms with Crippen molar-refractivity contribution in [1.82, 2.24) is 10.1 Å². The smallest absolute Gasteiger partial charge is 0.238 e. The molecule has 0 radical (unpaired) electrons. The zero-order valence-electron chi connectivity index (χ0n) is 17.9. The SMILES string of the molecule is CCN(CC)CCN(C(=O)CSC(C)C(=O)Nc1cc(C)on1)c1cccc(Br)c1. The molecule has 0 aliphatic rings. The number of hydrogen-bond donors (Lipinski definition) is 1. The summed E-state index contributed by atoms with van der Waals surface area (Å²) in [5.41, 5.74) is 0.845. The molecular weight excluding hydrogens is 468 g/mol. The van der Waals surface area contributed by atoms with Crippen LogP contribution >= 0.6 is 27.7 Å². The molecule has 2 amide bonds. The number of aryl methyl sites for hydroxylation is 1. The van der Waals surface area contributed by atoms with Crippen LogP contribution in [0.3, 0.4) is 0 Å². The first-order valence-corrected chi connectivity index (χ1v) is 11.8. The molecule has 1 heterocycles. The lowest BCUT2D eigenvalue weighted by Gasteiger charge is -2.27. The van der Waals surface area contributed by atoms with E-state index >= 15 is 0 Å². The van der Waals surface area contributed by atoms with Crippen LogP contribution in [0.25, 0.3) is 0 Å². The van der Waals surface area contributed by atoms with Gasteiger partial charge in [0.25, 0.3) is 0 Å². The Bertz CT molecular complexity index is 841. The van der Waals surface area contributed by atoms with Crippen LogP contribution < -0.4 is 10.2 Å². The minimum Gasteiger partial charge on any atom is -0.360 e. The molecule has 0 saturated carbocycles. The summed E-state index contributed by atoms with van der Waals surface area (Å²) in [7, 11) is 0. The molecule has 0 aliphatic carbocycles. The highest BCUT2D eigenvalue weighted by molar-refractivity contribution is 9.10. The maximum atomic E-state index is 13.0. The van der Waals surface area contributed by atoms with Gasteiger partial charge >= 0.3 is 0 Å². The molecule has 1 N–H and O–H groups in total. The lowest BCUT2D eigenvalue weighted by atomic mass is 10.2. The average Bonchev–Trinajstić information content (AvgIpc) is 3.13. The molecule has 0 fully saturated rings. The lowest BCUT2D eigenvalue weighted by molar-refractivity contribution is -0.116. The Morgan fingerprint density at radius 1 is 1.23 bits per heavy atom. The van der Waals surface area contributed by atoms with Crippen LogP contribution in [0.5, 0.6) is 0 Å². The van der Waals surface area contributed by atoms with E-state index < -0.39 is 5.25 Å². The van der Waals surface area contributed by atoms with Crippen LogP contribution in [-0.2, 0) is 9.59 Å². The van der Waals surface area contributed by atoms with Crippen molar-refractivity contribution in [3.05, 3.63) is 40.6 Å². The average molecular weight is 497 g/mol. The van der Waals surface area contributed by atoms with E-state index in [1.54, 1.807) is 24.8 Å². The zero-order chi connectivity index (χ0) is 22.1. The Morgan fingerprint density at radius 3 is 2.57 bits per heavy atom. The fourth-order valence-electron chi connectivity index (χ4n) is 2.83. The van der Waals surface area contributed by atoms with Crippen molar-refractivity contribution in [1.29, 1.82) is 0 Å². The monoisotopic (exact) mass is 496 g/mol. The van der Waals surface area contributed by atoms with Crippen LogP contribution in [0, 0.1) is 6.92 Å². The van der Waals surface area contributed by atoms with Crippen molar-refractivity contribution >= 4 is 51.0 Å². The van der Waals surface area contributed by atoms with E-state index in [1.165, 1.54) is 11.8 Å². The second-order valence-corrected chi connectivity index (χ2v) is 9.06. The van der Waals surface area contributed by atoms with Crippen LogP contribution in [0.15, 0.2) is 39.3 Å². The fourth-order valence-corrected chi connectivity index (χ4v) is 3.97. The lowest BCUT2D eigenvalue weighted by Crippen LogP contribution is -2.40. The molecule has 1 atom stereocenters. The van der Waals surface area contributed by atoms with Gasteiger partial charge in [-0.1, -0.05) is 41.0 Å². The highest BCUT2D eigenvalue weighted by atomic mass is 79.9. The number of amides is 2. The van der Waals surface area contributed by atoms with Crippen molar-refractivity contribution in [2.24, 2.45) is 0 Å². The van der Waals surface area contributed by atoms with Crippen molar-refractivity contribution in [2.75, 3.05) is 42.1 Å². The topological polar surface area (TPSA) is 78.7 Å². The molecule has 9 heteroatoms. The Kier molecular flexibility index (Phi) is 9.87. The first-order valence-electron chi connectivity index (χ1n) is 9.98. The molecule has 30 heavy (non-hydrogen) atoms. The first kappa shape index (κ1) is 24.4. The molecule has 7 nitrogen and oxygen atoms in total. The van der Waals surface area contributed by atoms with E-state index in [0.29, 0.717) is 18.1 Å². The van der Waals surface area contributed by atoms with Gasteiger partial charge in [0.15, 0.2) is 5.82 Å². The Labute approximate surface area is 190 Å². The number of likely N-dealkylation sites (N-methyl/N-ethyl adjacent to an activating group) is 1. The molecule has 2 rings (SSSR count). The number of anilines is 2. The standard InChI is InChI=1S/C21H29BrN4O3S/c1-5-25(6-2)10-11-26(18-9-7-8-17(22)13-18)20(27)14-30-16(4)21(28)23-19-12-15(3)29-24-19/h7-9,12-13,16H,5-6,10-11,14H2,1-4H3,(H,23,24,28). The number of nitrogens with zero attached hydrogens (tertiary/aromatic N) is 3. The third-order valence-electron chi connectivity index (χ3n) is 4.66. The Morgan fingerprint density at radius 2 is 1.97 bits per heavy atom. The summed E-state index contributed by atoms with van der Waals surface area (Å²) in [6.45, 7) is 11.0. The summed E-state index contributed by atoms with van der Waals surface area (Å²) >= 11 is 4.79. The van der Waals surface area contributed by atoms with Crippen LogP contribution in [0.2, 0.25) is 0 Å². The van der Waals surface area contributed by atoms with E-state index in [-0.39, 0.29) is 17.6 Å². The zero-order valence-corrected chi connectivity index (χ0v) is 20.3. The maximum absolute atomic E-state index is 13.0. The van der Waals surface area contributed by atoms with E-state index in [1.807, 2.05) is 24.3 Å². The number of hydrogen-bond acceptors (Lipinski definition) is 6. The van der Waals surface area contributed by atoms with Gasteiger partial charge in [0, 0.05) is 29.3 Å². The van der Waals surface area contributed by atoms with Crippen LogP contribution in [0.4, 0.5) is 11.5 Å². The Hall–Kier alpha value is -1.84. The third kappa shape index (κ3) is 7.45. The largest absolute Gasteiger partial charge is 0.360 e. The van der Waals surface area contributed by atoms with Crippen LogP contribution in [0.1, 0.15) is 26.5 Å². The molecule has 0 bridgehead atoms. The normalized spacial score (nSPS) is 12.1. The van der Waals surface area contributed by atoms with Crippen LogP contribution in [-0.4, -0.2) is 59.1 Å². The highest BCUT2D eigenvalue weighted by Gasteiger charge is 2.21. The van der Waals surface area contributed by atoms with Crippen molar-refractivity contribution in [2.45, 2.75) is 32.9 Å². The molecule has 0 spiro atoms. The number of halogens is 1. The summed E-state index contributed by atoms with van der Waals surface area (Å²) in [6, 6.07) is 9.37. The minimum absolute atomic E-state index is 0.0258. The van der Waals surface area contributed by atoms with Gasteiger partial charge in [-0.2, -0.15) is 0 Å². The number of rotatable bonds is 11. The first-order chi connectivity index (χ1) is 14.3. The van der Waals surface area contributed by atoms with Gasteiger partial charge in [0.1, 0.15) is 5.76 Å². The minimum atomic E-state index is -0.405. The number of carbonyl (C=O) groups is 2. The van der Waals surface area contributed by atoms with Gasteiger partial charge in [-0.25, -0.2) is 0 Å². The summed E-state index contributed by atoms with van der Waals surface area (Å²) < 4.78 is 5.88. The van der Waals surface area contributed by atoms with Gasteiger partial charge in [-0.15, -0.1) is 11.8 Å². The number of carbonyl (C=O) groups excluding carboxylic acids is 2. The molecule has 164 valence electrons. The summed E-state index contributed by atoms with van der Waals surface area (Å²) in [4.78, 5) is 29.5. The van der Waals surface area contributed by atoms with E-state index in [2.05, 4.69) is 45.2 Å². The van der Waals surface area contributed by atoms with Gasteiger partial charge in [-0.05, 0) is 45.1 Å². The molecule has 1 aromatic heterocycles. The second-order valence-electron chi connectivity index (χ2n) is 6.82. The molecular formula is C21H29BrN4O3S. The predicted molar refractivity (Wildman–Crippen MR) is 126 cm³/mol. The van der Waals surface area contributed by atoms with E-state index in [4.69, 9.17) is 4.52 Å². The van der Waals surface area contributed by atoms with Crippen molar-refractivity contribution in [3.8, 4) is 0 Å². The second kappa shape index (κ2) is 12.1.